The minimum Gasteiger partial charge on any atom is -0.303 e. The van der Waals surface area contributed by atoms with E-state index in [2.05, 4.69) is 91.5 Å². The number of hydrogen-bond donors (Lipinski definition) is 0. The molecule has 0 saturated carbocycles. The van der Waals surface area contributed by atoms with Gasteiger partial charge in [-0.25, -0.2) is 0 Å². The van der Waals surface area contributed by atoms with E-state index in [0.717, 1.165) is 24.2 Å². The zero-order chi connectivity index (χ0) is 29.8. The lowest BCUT2D eigenvalue weighted by Crippen LogP contribution is -2.31. The van der Waals surface area contributed by atoms with Gasteiger partial charge >= 0.3 is 0 Å². The second kappa shape index (κ2) is 15.8. The van der Waals surface area contributed by atoms with Crippen molar-refractivity contribution in [2.24, 2.45) is 23.2 Å². The molecule has 1 aromatic carbocycles. The van der Waals surface area contributed by atoms with Crippen LogP contribution in [0.1, 0.15) is 99.6 Å². The summed E-state index contributed by atoms with van der Waals surface area (Å²) in [5.74, 6) is 1.09. The third-order valence-corrected chi connectivity index (χ3v) is 7.64. The van der Waals surface area contributed by atoms with Gasteiger partial charge in [0.25, 0.3) is 0 Å². The van der Waals surface area contributed by atoms with Crippen LogP contribution in [0.15, 0.2) is 84.0 Å². The molecule has 2 heteroatoms. The fraction of sp³-hybridized carbons (Fsp3) is 0.514. The SMILES string of the molecule is C/C=C/C(=O)C1C(C)=CC=CC1(C)C.C=C(C)C1CC=C(C)CC1.CC(C=O)Cc1ccc(C(C)(C)C)cc1. The fourth-order valence-corrected chi connectivity index (χ4v) is 5.05. The average Bonchev–Trinajstić information content (AvgIpc) is 2.84. The quantitative estimate of drug-likeness (QED) is 0.208. The van der Waals surface area contributed by atoms with Crippen LogP contribution in [0.4, 0.5) is 0 Å². The molecular formula is C37H54O2. The highest BCUT2D eigenvalue weighted by Crippen LogP contribution is 2.37. The minimum absolute atomic E-state index is 0.00343. The van der Waals surface area contributed by atoms with E-state index >= 15 is 0 Å². The van der Waals surface area contributed by atoms with Crippen LogP contribution in [0.25, 0.3) is 0 Å². The highest BCUT2D eigenvalue weighted by molar-refractivity contribution is 5.94. The molecule has 0 amide bonds. The van der Waals surface area contributed by atoms with Gasteiger partial charge in [0.15, 0.2) is 5.78 Å². The summed E-state index contributed by atoms with van der Waals surface area (Å²) in [4.78, 5) is 22.4. The van der Waals surface area contributed by atoms with Crippen molar-refractivity contribution in [3.63, 3.8) is 0 Å². The zero-order valence-corrected chi connectivity index (χ0v) is 26.4. The summed E-state index contributed by atoms with van der Waals surface area (Å²) in [6, 6.07) is 8.57. The Morgan fingerprint density at radius 1 is 1.15 bits per heavy atom. The highest BCUT2D eigenvalue weighted by atomic mass is 16.1. The fourth-order valence-electron chi connectivity index (χ4n) is 5.05. The van der Waals surface area contributed by atoms with Crippen LogP contribution >= 0.6 is 0 Å². The Kier molecular flexibility index (Phi) is 13.8. The molecule has 3 atom stereocenters. The molecule has 0 N–H and O–H groups in total. The monoisotopic (exact) mass is 530 g/mol. The molecule has 3 unspecified atom stereocenters. The first kappa shape index (κ1) is 34.3. The van der Waals surface area contributed by atoms with Gasteiger partial charge in [-0.1, -0.05) is 119 Å². The van der Waals surface area contributed by atoms with Gasteiger partial charge in [-0.2, -0.15) is 0 Å². The normalized spacial score (nSPS) is 20.9. The molecule has 0 spiro atoms. The third-order valence-electron chi connectivity index (χ3n) is 7.64. The summed E-state index contributed by atoms with van der Waals surface area (Å²) in [7, 11) is 0. The molecule has 214 valence electrons. The molecule has 0 heterocycles. The summed E-state index contributed by atoms with van der Waals surface area (Å²) in [5, 5.41) is 0. The van der Waals surface area contributed by atoms with Crippen molar-refractivity contribution in [1.82, 2.24) is 0 Å². The first-order valence-corrected chi connectivity index (χ1v) is 14.5. The van der Waals surface area contributed by atoms with Gasteiger partial charge in [0.2, 0.25) is 0 Å². The van der Waals surface area contributed by atoms with Crippen molar-refractivity contribution in [3.8, 4) is 0 Å². The number of ketones is 1. The van der Waals surface area contributed by atoms with E-state index < -0.39 is 0 Å². The summed E-state index contributed by atoms with van der Waals surface area (Å²) in [5.41, 5.74) is 6.78. The van der Waals surface area contributed by atoms with Crippen LogP contribution in [0.2, 0.25) is 0 Å². The van der Waals surface area contributed by atoms with E-state index in [1.54, 1.807) is 11.6 Å². The van der Waals surface area contributed by atoms with E-state index in [-0.39, 0.29) is 28.4 Å². The lowest BCUT2D eigenvalue weighted by Gasteiger charge is -2.32. The largest absolute Gasteiger partial charge is 0.303 e. The van der Waals surface area contributed by atoms with Crippen molar-refractivity contribution < 1.29 is 9.59 Å². The second-order valence-electron chi connectivity index (χ2n) is 13.1. The van der Waals surface area contributed by atoms with Gasteiger partial charge in [0, 0.05) is 5.92 Å². The van der Waals surface area contributed by atoms with E-state index in [1.165, 1.54) is 36.0 Å². The van der Waals surface area contributed by atoms with Crippen LogP contribution in [0.5, 0.6) is 0 Å². The molecule has 2 nitrogen and oxygen atoms in total. The van der Waals surface area contributed by atoms with Gasteiger partial charge in [0.05, 0.1) is 5.92 Å². The molecule has 0 saturated heterocycles. The Balaban J connectivity index is 0.000000298. The number of allylic oxidation sites excluding steroid dienone is 9. The standard InChI is InChI=1S/C14H20O.C13H18O.C10H16/c1-11(10-15)9-12-5-7-13(8-6-12)14(2,3)4;1-5-7-11(14)12-10(2)8-6-9-13(12,3)4;1-8(2)10-6-4-9(3)5-7-10/h5-8,10-11H,9H2,1-4H3;5-9,12H,1-4H3;4,10H,1,5-7H2,2-3H3/b;7-5+;. The number of carbonyl (C=O) groups is 2. The van der Waals surface area contributed by atoms with E-state index in [4.69, 9.17) is 0 Å². The van der Waals surface area contributed by atoms with E-state index in [9.17, 15) is 9.59 Å². The molecule has 0 fully saturated rings. The minimum atomic E-state index is -0.0601. The van der Waals surface area contributed by atoms with E-state index in [0.29, 0.717) is 0 Å². The Bertz CT molecular complexity index is 1070. The van der Waals surface area contributed by atoms with Crippen LogP contribution in [-0.2, 0) is 21.4 Å². The smallest absolute Gasteiger partial charge is 0.163 e. The molecule has 0 aromatic heterocycles. The number of benzene rings is 1. The summed E-state index contributed by atoms with van der Waals surface area (Å²) in [6.45, 7) is 25.0. The van der Waals surface area contributed by atoms with Crippen LogP contribution in [-0.4, -0.2) is 12.1 Å². The summed E-state index contributed by atoms with van der Waals surface area (Å²) in [6.07, 6.45) is 17.7. The van der Waals surface area contributed by atoms with Gasteiger partial charge < -0.3 is 4.79 Å². The van der Waals surface area contributed by atoms with Gasteiger partial charge in [0.1, 0.15) is 6.29 Å². The Labute approximate surface area is 240 Å². The molecule has 0 radical (unpaired) electrons. The summed E-state index contributed by atoms with van der Waals surface area (Å²) < 4.78 is 0. The van der Waals surface area contributed by atoms with Crippen LogP contribution < -0.4 is 0 Å². The number of carbonyl (C=O) groups excluding carboxylic acids is 2. The molecular weight excluding hydrogens is 476 g/mol. The summed E-state index contributed by atoms with van der Waals surface area (Å²) >= 11 is 0. The maximum absolute atomic E-state index is 11.9. The number of hydrogen-bond acceptors (Lipinski definition) is 2. The van der Waals surface area contributed by atoms with Crippen molar-refractivity contribution in [1.29, 1.82) is 0 Å². The van der Waals surface area contributed by atoms with Gasteiger partial charge in [-0.15, -0.1) is 0 Å². The Morgan fingerprint density at radius 2 is 1.77 bits per heavy atom. The third kappa shape index (κ3) is 11.9. The lowest BCUT2D eigenvalue weighted by atomic mass is 9.70. The van der Waals surface area contributed by atoms with Crippen molar-refractivity contribution in [2.75, 3.05) is 0 Å². The maximum Gasteiger partial charge on any atom is 0.163 e. The topological polar surface area (TPSA) is 34.1 Å². The first-order valence-electron chi connectivity index (χ1n) is 14.5. The molecule has 2 aliphatic rings. The highest BCUT2D eigenvalue weighted by Gasteiger charge is 2.34. The van der Waals surface area contributed by atoms with Crippen molar-refractivity contribution in [2.45, 2.75) is 100 Å². The van der Waals surface area contributed by atoms with Crippen molar-refractivity contribution in [3.05, 3.63) is 95.1 Å². The van der Waals surface area contributed by atoms with E-state index in [1.807, 2.05) is 39.0 Å². The molecule has 0 aliphatic heterocycles. The van der Waals surface area contributed by atoms with Gasteiger partial charge in [-0.05, 0) is 87.3 Å². The predicted molar refractivity (Wildman–Crippen MR) is 170 cm³/mol. The van der Waals surface area contributed by atoms with Crippen LogP contribution in [0.3, 0.4) is 0 Å². The molecule has 2 aliphatic carbocycles. The Morgan fingerprint density at radius 3 is 2.21 bits per heavy atom. The molecule has 3 rings (SSSR count). The second-order valence-corrected chi connectivity index (χ2v) is 13.1. The molecule has 39 heavy (non-hydrogen) atoms. The lowest BCUT2D eigenvalue weighted by molar-refractivity contribution is -0.119. The zero-order valence-electron chi connectivity index (χ0n) is 26.4. The van der Waals surface area contributed by atoms with Crippen molar-refractivity contribution >= 4 is 12.1 Å². The molecule has 1 aromatic rings. The number of aldehydes is 1. The first-order chi connectivity index (χ1) is 18.1. The van der Waals surface area contributed by atoms with Gasteiger partial charge in [-0.3, -0.25) is 4.79 Å². The average molecular weight is 531 g/mol. The predicted octanol–water partition coefficient (Wildman–Crippen LogP) is 9.96. The number of rotatable bonds is 6. The van der Waals surface area contributed by atoms with Crippen LogP contribution in [0, 0.1) is 23.2 Å². The maximum atomic E-state index is 11.9. The Hall–Kier alpha value is -2.74. The molecule has 0 bridgehead atoms.